The first kappa shape index (κ1) is 13.0. The molecule has 0 saturated carbocycles. The molecule has 0 aliphatic carbocycles. The van der Waals surface area contributed by atoms with Crippen LogP contribution in [-0.4, -0.2) is 42.4 Å². The summed E-state index contributed by atoms with van der Waals surface area (Å²) in [5, 5.41) is 11.3. The minimum absolute atomic E-state index is 0.0634. The highest BCUT2D eigenvalue weighted by Crippen LogP contribution is 2.26. The van der Waals surface area contributed by atoms with Crippen LogP contribution in [0.3, 0.4) is 0 Å². The second-order valence-electron chi connectivity index (χ2n) is 4.23. The van der Waals surface area contributed by atoms with E-state index in [-0.39, 0.29) is 17.9 Å². The Morgan fingerprint density at radius 3 is 2.50 bits per heavy atom. The van der Waals surface area contributed by atoms with Crippen LogP contribution in [0.25, 0.3) is 0 Å². The summed E-state index contributed by atoms with van der Waals surface area (Å²) in [5.74, 6) is -1.73. The average Bonchev–Trinajstić information content (AvgIpc) is 1.96. The predicted molar refractivity (Wildman–Crippen MR) is 56.7 cm³/mol. The van der Waals surface area contributed by atoms with Crippen LogP contribution >= 0.6 is 0 Å². The van der Waals surface area contributed by atoms with E-state index in [9.17, 15) is 18.0 Å². The Hall–Kier alpha value is -1.11. The lowest BCUT2D eigenvalue weighted by molar-refractivity contribution is -0.139. The summed E-state index contributed by atoms with van der Waals surface area (Å²) in [6.45, 7) is 1.25. The second-order valence-corrected chi connectivity index (χ2v) is 6.41. The Morgan fingerprint density at radius 2 is 2.06 bits per heavy atom. The molecule has 0 aromatic rings. The fourth-order valence-electron chi connectivity index (χ4n) is 2.14. The van der Waals surface area contributed by atoms with Gasteiger partial charge in [0.1, 0.15) is 0 Å². The first-order valence-electron chi connectivity index (χ1n) is 4.96. The van der Waals surface area contributed by atoms with Crippen LogP contribution in [0.2, 0.25) is 0 Å². The van der Waals surface area contributed by atoms with Gasteiger partial charge >= 0.3 is 5.97 Å². The predicted octanol–water partition coefficient (Wildman–Crippen LogP) is -0.455. The molecule has 6 nitrogen and oxygen atoms in total. The number of carbonyl (C=O) groups is 2. The van der Waals surface area contributed by atoms with Crippen molar-refractivity contribution in [1.82, 2.24) is 5.32 Å². The second kappa shape index (κ2) is 4.40. The van der Waals surface area contributed by atoms with Gasteiger partial charge in [-0.1, -0.05) is 0 Å². The molecule has 0 bridgehead atoms. The Balaban J connectivity index is 2.94. The molecular weight excluding hydrogens is 234 g/mol. The van der Waals surface area contributed by atoms with Gasteiger partial charge in [0.15, 0.2) is 9.84 Å². The van der Waals surface area contributed by atoms with Crippen LogP contribution < -0.4 is 5.32 Å². The van der Waals surface area contributed by atoms with Crippen molar-refractivity contribution < 1.29 is 23.1 Å². The summed E-state index contributed by atoms with van der Waals surface area (Å²) in [5.41, 5.74) is -1.13. The maximum Gasteiger partial charge on any atom is 0.305 e. The average molecular weight is 249 g/mol. The minimum atomic E-state index is -3.26. The molecule has 2 N–H and O–H groups in total. The van der Waals surface area contributed by atoms with Crippen LogP contribution in [0.4, 0.5) is 0 Å². The van der Waals surface area contributed by atoms with Gasteiger partial charge in [-0.25, -0.2) is 8.42 Å². The van der Waals surface area contributed by atoms with Crippen LogP contribution in [0.5, 0.6) is 0 Å². The van der Waals surface area contributed by atoms with E-state index >= 15 is 0 Å². The van der Waals surface area contributed by atoms with E-state index in [1.165, 1.54) is 6.92 Å². The Labute approximate surface area is 93.9 Å². The van der Waals surface area contributed by atoms with E-state index in [1.807, 2.05) is 0 Å². The van der Waals surface area contributed by atoms with E-state index in [4.69, 9.17) is 5.11 Å². The van der Waals surface area contributed by atoms with Crippen molar-refractivity contribution in [2.75, 3.05) is 11.5 Å². The molecule has 92 valence electrons. The highest BCUT2D eigenvalue weighted by Gasteiger charge is 2.41. The molecule has 0 aromatic carbocycles. The zero-order valence-corrected chi connectivity index (χ0v) is 9.84. The van der Waals surface area contributed by atoms with E-state index in [0.717, 1.165) is 0 Å². The fraction of sp³-hybridized carbons (Fsp3) is 0.778. The molecule has 1 aliphatic rings. The third kappa shape index (κ3) is 3.48. The molecule has 1 aliphatic heterocycles. The molecule has 1 amide bonds. The summed E-state index contributed by atoms with van der Waals surface area (Å²) in [6.07, 6.45) is 0.416. The zero-order chi connectivity index (χ0) is 12.4. The summed E-state index contributed by atoms with van der Waals surface area (Å²) in [7, 11) is -3.26. The quantitative estimate of drug-likeness (QED) is 0.705. The number of rotatable bonds is 3. The van der Waals surface area contributed by atoms with E-state index in [1.54, 1.807) is 0 Å². The minimum Gasteiger partial charge on any atom is -0.481 e. The number of carbonyl (C=O) groups excluding carboxylic acids is 1. The molecule has 0 aromatic heterocycles. The number of hydrogen-bond donors (Lipinski definition) is 2. The van der Waals surface area contributed by atoms with Crippen molar-refractivity contribution in [3.8, 4) is 0 Å². The molecule has 1 atom stereocenters. The van der Waals surface area contributed by atoms with Crippen LogP contribution in [-0.2, 0) is 19.4 Å². The fourth-order valence-corrected chi connectivity index (χ4v) is 4.03. The third-order valence-corrected chi connectivity index (χ3v) is 4.44. The van der Waals surface area contributed by atoms with Gasteiger partial charge in [0, 0.05) is 6.92 Å². The van der Waals surface area contributed by atoms with Crippen LogP contribution in [0, 0.1) is 0 Å². The molecular formula is C9H15NO5S. The molecule has 1 unspecified atom stereocenters. The van der Waals surface area contributed by atoms with Gasteiger partial charge in [-0.15, -0.1) is 0 Å². The lowest BCUT2D eigenvalue weighted by Crippen LogP contribution is -2.56. The molecule has 1 rings (SSSR count). The molecule has 1 heterocycles. The topological polar surface area (TPSA) is 101 Å². The molecule has 0 spiro atoms. The van der Waals surface area contributed by atoms with Crippen LogP contribution in [0.1, 0.15) is 26.2 Å². The number of hydrogen-bond acceptors (Lipinski definition) is 4. The smallest absolute Gasteiger partial charge is 0.305 e. The summed E-state index contributed by atoms with van der Waals surface area (Å²) < 4.78 is 23.0. The van der Waals surface area contributed by atoms with E-state index in [2.05, 4.69) is 5.32 Å². The van der Waals surface area contributed by atoms with Gasteiger partial charge in [-0.2, -0.15) is 0 Å². The molecule has 16 heavy (non-hydrogen) atoms. The van der Waals surface area contributed by atoms with Gasteiger partial charge in [0.2, 0.25) is 5.91 Å². The number of aliphatic carboxylic acids is 1. The van der Waals surface area contributed by atoms with E-state index < -0.39 is 27.3 Å². The molecule has 1 fully saturated rings. The standard InChI is InChI=1S/C9H15NO5S/c1-7(11)10-9(5-8(12)13)3-2-4-16(14,15)6-9/h2-6H2,1H3,(H,10,11)(H,12,13). The summed E-state index contributed by atoms with van der Waals surface area (Å²) >= 11 is 0. The molecule has 0 radical (unpaired) electrons. The van der Waals surface area contributed by atoms with Crippen molar-refractivity contribution in [2.45, 2.75) is 31.7 Å². The Bertz CT molecular complexity index is 384. The van der Waals surface area contributed by atoms with Gasteiger partial charge in [-0.05, 0) is 12.8 Å². The first-order chi connectivity index (χ1) is 7.25. The third-order valence-electron chi connectivity index (χ3n) is 2.54. The number of carboxylic acids is 1. The maximum absolute atomic E-state index is 11.5. The lowest BCUT2D eigenvalue weighted by Gasteiger charge is -2.36. The number of nitrogens with one attached hydrogen (secondary N) is 1. The Kier molecular flexibility index (Phi) is 3.57. The first-order valence-corrected chi connectivity index (χ1v) is 6.78. The normalized spacial score (nSPS) is 28.3. The number of carboxylic acid groups (broad SMARTS) is 1. The summed E-state index contributed by atoms with van der Waals surface area (Å²) in [6, 6.07) is 0. The van der Waals surface area contributed by atoms with Gasteiger partial charge in [-0.3, -0.25) is 9.59 Å². The summed E-state index contributed by atoms with van der Waals surface area (Å²) in [4.78, 5) is 21.7. The van der Waals surface area contributed by atoms with E-state index in [0.29, 0.717) is 12.8 Å². The number of amides is 1. The van der Waals surface area contributed by atoms with Crippen molar-refractivity contribution >= 4 is 21.7 Å². The van der Waals surface area contributed by atoms with Gasteiger partial charge in [0.25, 0.3) is 0 Å². The number of sulfone groups is 1. The SMILES string of the molecule is CC(=O)NC1(CC(=O)O)CCCS(=O)(=O)C1. The lowest BCUT2D eigenvalue weighted by atomic mass is 9.91. The van der Waals surface area contributed by atoms with Crippen molar-refractivity contribution in [2.24, 2.45) is 0 Å². The van der Waals surface area contributed by atoms with Gasteiger partial charge < -0.3 is 10.4 Å². The maximum atomic E-state index is 11.5. The molecule has 1 saturated heterocycles. The zero-order valence-electron chi connectivity index (χ0n) is 9.02. The monoisotopic (exact) mass is 249 g/mol. The molecule has 7 heteroatoms. The van der Waals surface area contributed by atoms with Crippen molar-refractivity contribution in [1.29, 1.82) is 0 Å². The highest BCUT2D eigenvalue weighted by atomic mass is 32.2. The highest BCUT2D eigenvalue weighted by molar-refractivity contribution is 7.91. The van der Waals surface area contributed by atoms with Gasteiger partial charge in [0.05, 0.1) is 23.5 Å². The van der Waals surface area contributed by atoms with Crippen molar-refractivity contribution in [3.63, 3.8) is 0 Å². The largest absolute Gasteiger partial charge is 0.481 e. The van der Waals surface area contributed by atoms with Crippen molar-refractivity contribution in [3.05, 3.63) is 0 Å². The Morgan fingerprint density at radius 1 is 1.44 bits per heavy atom. The van der Waals surface area contributed by atoms with Crippen LogP contribution in [0.15, 0.2) is 0 Å².